The van der Waals surface area contributed by atoms with Crippen LogP contribution in [0.3, 0.4) is 0 Å². The quantitative estimate of drug-likeness (QED) is 0.525. The fourth-order valence-electron chi connectivity index (χ4n) is 2.46. The summed E-state index contributed by atoms with van der Waals surface area (Å²) in [7, 11) is 0. The molecule has 2 aromatic rings. The van der Waals surface area contributed by atoms with Gasteiger partial charge in [-0.1, -0.05) is 29.8 Å². The van der Waals surface area contributed by atoms with Gasteiger partial charge in [-0.3, -0.25) is 4.99 Å². The van der Waals surface area contributed by atoms with Crippen molar-refractivity contribution in [1.29, 1.82) is 0 Å². The van der Waals surface area contributed by atoms with Crippen molar-refractivity contribution >= 4 is 5.96 Å². The summed E-state index contributed by atoms with van der Waals surface area (Å²) >= 11 is 0. The monoisotopic (exact) mass is 361 g/mol. The number of aliphatic hydroxyl groups excluding tert-OH is 1. The average Bonchev–Trinajstić information content (AvgIpc) is 2.63. The minimum absolute atomic E-state index is 0.201. The predicted octanol–water partition coefficient (Wildman–Crippen LogP) is 3.10. The summed E-state index contributed by atoms with van der Waals surface area (Å²) in [5, 5.41) is 16.4. The zero-order valence-corrected chi connectivity index (χ0v) is 15.1. The van der Waals surface area contributed by atoms with E-state index in [1.54, 1.807) is 0 Å². The molecule has 0 spiro atoms. The Morgan fingerprint density at radius 1 is 1.12 bits per heavy atom. The van der Waals surface area contributed by atoms with Crippen LogP contribution in [-0.2, 0) is 6.42 Å². The third kappa shape index (κ3) is 6.11. The number of halogens is 2. The van der Waals surface area contributed by atoms with Gasteiger partial charge >= 0.3 is 0 Å². The highest BCUT2D eigenvalue weighted by atomic mass is 19.1. The highest BCUT2D eigenvalue weighted by Gasteiger charge is 2.08. The fourth-order valence-corrected chi connectivity index (χ4v) is 2.46. The number of aliphatic imine (C=N–C) groups is 1. The molecule has 0 aromatic heterocycles. The van der Waals surface area contributed by atoms with E-state index in [1.165, 1.54) is 6.07 Å². The Bertz CT molecular complexity index is 732. The van der Waals surface area contributed by atoms with Gasteiger partial charge in [-0.25, -0.2) is 8.78 Å². The number of aliphatic hydroxyl groups is 1. The van der Waals surface area contributed by atoms with E-state index in [0.717, 1.165) is 23.3 Å². The maximum absolute atomic E-state index is 13.6. The molecule has 2 rings (SSSR count). The smallest absolute Gasteiger partial charge is 0.191 e. The van der Waals surface area contributed by atoms with E-state index in [2.05, 4.69) is 15.6 Å². The summed E-state index contributed by atoms with van der Waals surface area (Å²) in [6.45, 7) is 5.17. The lowest BCUT2D eigenvalue weighted by atomic mass is 10.1. The van der Waals surface area contributed by atoms with Gasteiger partial charge in [0.2, 0.25) is 0 Å². The van der Waals surface area contributed by atoms with Crippen molar-refractivity contribution in [2.24, 2.45) is 4.99 Å². The van der Waals surface area contributed by atoms with Crippen LogP contribution < -0.4 is 10.6 Å². The average molecular weight is 361 g/mol. The van der Waals surface area contributed by atoms with Crippen LogP contribution in [0.25, 0.3) is 0 Å². The third-order valence-corrected chi connectivity index (χ3v) is 3.92. The van der Waals surface area contributed by atoms with Crippen molar-refractivity contribution in [1.82, 2.24) is 10.6 Å². The molecule has 3 N–H and O–H groups in total. The lowest BCUT2D eigenvalue weighted by Crippen LogP contribution is -2.38. The summed E-state index contributed by atoms with van der Waals surface area (Å²) in [6, 6.07) is 11.1. The van der Waals surface area contributed by atoms with Crippen LogP contribution in [0.5, 0.6) is 0 Å². The molecule has 4 nitrogen and oxygen atoms in total. The molecule has 2 aromatic carbocycles. The summed E-state index contributed by atoms with van der Waals surface area (Å²) in [6.07, 6.45) is -0.374. The van der Waals surface area contributed by atoms with Crippen molar-refractivity contribution in [3.63, 3.8) is 0 Å². The Morgan fingerprint density at radius 2 is 1.85 bits per heavy atom. The van der Waals surface area contributed by atoms with Crippen molar-refractivity contribution < 1.29 is 13.9 Å². The normalized spacial score (nSPS) is 12.7. The van der Waals surface area contributed by atoms with Crippen LogP contribution in [0.2, 0.25) is 0 Å². The number of nitrogens with one attached hydrogen (secondary N) is 2. The molecular formula is C20H25F2N3O. The van der Waals surface area contributed by atoms with Gasteiger partial charge in [0.25, 0.3) is 0 Å². The van der Waals surface area contributed by atoms with Crippen LogP contribution in [0, 0.1) is 18.6 Å². The lowest BCUT2D eigenvalue weighted by Gasteiger charge is -2.14. The molecule has 26 heavy (non-hydrogen) atoms. The Morgan fingerprint density at radius 3 is 2.54 bits per heavy atom. The highest BCUT2D eigenvalue weighted by molar-refractivity contribution is 5.79. The molecule has 0 aliphatic carbocycles. The molecular weight excluding hydrogens is 336 g/mol. The van der Waals surface area contributed by atoms with Crippen LogP contribution >= 0.6 is 0 Å². The number of benzene rings is 2. The van der Waals surface area contributed by atoms with Crippen LogP contribution in [0.1, 0.15) is 29.7 Å². The van der Waals surface area contributed by atoms with E-state index in [0.29, 0.717) is 31.0 Å². The van der Waals surface area contributed by atoms with Gasteiger partial charge in [-0.05, 0) is 49.6 Å². The first-order valence-corrected chi connectivity index (χ1v) is 8.70. The first-order chi connectivity index (χ1) is 12.5. The molecule has 0 aliphatic heterocycles. The molecule has 1 unspecified atom stereocenters. The van der Waals surface area contributed by atoms with Gasteiger partial charge in [0.05, 0.1) is 12.6 Å². The number of hydrogen-bond donors (Lipinski definition) is 3. The minimum Gasteiger partial charge on any atom is -0.386 e. The van der Waals surface area contributed by atoms with Gasteiger partial charge in [0.1, 0.15) is 11.6 Å². The van der Waals surface area contributed by atoms with Crippen LogP contribution in [0.15, 0.2) is 47.5 Å². The second kappa shape index (κ2) is 9.87. The summed E-state index contributed by atoms with van der Waals surface area (Å²) in [4.78, 5) is 4.36. The molecule has 1 atom stereocenters. The first kappa shape index (κ1) is 19.8. The molecule has 0 radical (unpaired) electrons. The molecule has 0 saturated heterocycles. The molecule has 0 saturated carbocycles. The maximum Gasteiger partial charge on any atom is 0.191 e. The largest absolute Gasteiger partial charge is 0.386 e. The Balaban J connectivity index is 1.91. The fraction of sp³-hybridized carbons (Fsp3) is 0.350. The number of guanidine groups is 1. The van der Waals surface area contributed by atoms with Gasteiger partial charge in [-0.2, -0.15) is 0 Å². The number of rotatable bonds is 7. The van der Waals surface area contributed by atoms with Gasteiger partial charge in [0, 0.05) is 13.1 Å². The SMILES string of the molecule is CCNC(=NCC(O)c1ccc(C)cc1)NCCc1cc(F)ccc1F. The molecule has 0 aliphatic rings. The molecule has 0 heterocycles. The minimum atomic E-state index is -0.702. The van der Waals surface area contributed by atoms with Crippen molar-refractivity contribution in [2.45, 2.75) is 26.4 Å². The van der Waals surface area contributed by atoms with E-state index >= 15 is 0 Å². The second-order valence-corrected chi connectivity index (χ2v) is 6.06. The van der Waals surface area contributed by atoms with E-state index < -0.39 is 17.7 Å². The molecule has 0 bridgehead atoms. The maximum atomic E-state index is 13.6. The van der Waals surface area contributed by atoms with Crippen molar-refractivity contribution in [2.75, 3.05) is 19.6 Å². The van der Waals surface area contributed by atoms with Crippen molar-refractivity contribution in [3.05, 3.63) is 70.8 Å². The van der Waals surface area contributed by atoms with E-state index in [4.69, 9.17) is 0 Å². The van der Waals surface area contributed by atoms with Gasteiger partial charge < -0.3 is 15.7 Å². The first-order valence-electron chi connectivity index (χ1n) is 8.70. The lowest BCUT2D eigenvalue weighted by molar-refractivity contribution is 0.187. The number of nitrogens with zero attached hydrogens (tertiary/aromatic N) is 1. The molecule has 0 fully saturated rings. The van der Waals surface area contributed by atoms with Crippen molar-refractivity contribution in [3.8, 4) is 0 Å². The van der Waals surface area contributed by atoms with Crippen LogP contribution in [-0.4, -0.2) is 30.7 Å². The zero-order valence-electron chi connectivity index (χ0n) is 15.1. The van der Waals surface area contributed by atoms with Gasteiger partial charge in [-0.15, -0.1) is 0 Å². The predicted molar refractivity (Wildman–Crippen MR) is 100 cm³/mol. The Labute approximate surface area is 153 Å². The topological polar surface area (TPSA) is 56.7 Å². The third-order valence-electron chi connectivity index (χ3n) is 3.92. The number of hydrogen-bond acceptors (Lipinski definition) is 2. The highest BCUT2D eigenvalue weighted by Crippen LogP contribution is 2.14. The second-order valence-electron chi connectivity index (χ2n) is 6.06. The molecule has 6 heteroatoms. The standard InChI is InChI=1S/C20H25F2N3O/c1-3-23-20(24-11-10-16-12-17(21)8-9-18(16)22)25-13-19(26)15-6-4-14(2)5-7-15/h4-9,12,19,26H,3,10-11,13H2,1-2H3,(H2,23,24,25). The molecule has 140 valence electrons. The van der Waals surface area contributed by atoms with Gasteiger partial charge in [0.15, 0.2) is 5.96 Å². The van der Waals surface area contributed by atoms with E-state index in [1.807, 2.05) is 38.1 Å². The van der Waals surface area contributed by atoms with E-state index in [9.17, 15) is 13.9 Å². The summed E-state index contributed by atoms with van der Waals surface area (Å²) < 4.78 is 26.8. The number of aryl methyl sites for hydroxylation is 1. The summed E-state index contributed by atoms with van der Waals surface area (Å²) in [5.41, 5.74) is 2.24. The molecule has 0 amide bonds. The summed E-state index contributed by atoms with van der Waals surface area (Å²) in [5.74, 6) is -0.358. The van der Waals surface area contributed by atoms with E-state index in [-0.39, 0.29) is 6.54 Å². The van der Waals surface area contributed by atoms with Crippen LogP contribution in [0.4, 0.5) is 8.78 Å². The Kier molecular flexibility index (Phi) is 7.53. The Hall–Kier alpha value is -2.47. The zero-order chi connectivity index (χ0) is 18.9.